The third-order valence-electron chi connectivity index (χ3n) is 4.59. The molecule has 4 rings (SSSR count). The van der Waals surface area contributed by atoms with Crippen LogP contribution in [0.25, 0.3) is 21.8 Å². The number of carbonyl (C=O) groups excluding carboxylic acids is 1. The molecular formula is C21H14BrClN2O3. The Morgan fingerprint density at radius 3 is 2.82 bits per heavy atom. The van der Waals surface area contributed by atoms with Gasteiger partial charge in [-0.05, 0) is 36.4 Å². The smallest absolute Gasteiger partial charge is 0.339 e. The lowest BCUT2D eigenvalue weighted by Gasteiger charge is -2.12. The first-order chi connectivity index (χ1) is 13.5. The Bertz CT molecular complexity index is 1300. The Kier molecular flexibility index (Phi) is 4.91. The molecule has 2 heterocycles. The van der Waals surface area contributed by atoms with Crippen molar-refractivity contribution in [1.82, 2.24) is 9.55 Å². The molecule has 0 radical (unpaired) electrons. The van der Waals surface area contributed by atoms with Crippen molar-refractivity contribution in [3.05, 3.63) is 85.7 Å². The maximum absolute atomic E-state index is 12.8. The number of hydrogen-bond acceptors (Lipinski definition) is 4. The van der Waals surface area contributed by atoms with E-state index in [-0.39, 0.29) is 17.7 Å². The van der Waals surface area contributed by atoms with Gasteiger partial charge in [0.2, 0.25) is 0 Å². The summed E-state index contributed by atoms with van der Waals surface area (Å²) in [5, 5.41) is 2.02. The Balaban J connectivity index is 1.71. The van der Waals surface area contributed by atoms with Crippen LogP contribution in [0.4, 0.5) is 0 Å². The van der Waals surface area contributed by atoms with Gasteiger partial charge in [0.05, 0.1) is 16.6 Å². The van der Waals surface area contributed by atoms with Crippen LogP contribution < -0.4 is 5.56 Å². The second kappa shape index (κ2) is 7.37. The van der Waals surface area contributed by atoms with E-state index in [4.69, 9.17) is 16.3 Å². The number of aryl methyl sites for hydroxylation is 1. The molecule has 2 aromatic carbocycles. The molecule has 7 heteroatoms. The van der Waals surface area contributed by atoms with Crippen LogP contribution in [0.1, 0.15) is 15.9 Å². The lowest BCUT2D eigenvalue weighted by molar-refractivity contribution is 0.0476. The molecule has 0 spiro atoms. The molecule has 0 saturated heterocycles. The highest BCUT2D eigenvalue weighted by Crippen LogP contribution is 2.26. The van der Waals surface area contributed by atoms with Crippen molar-refractivity contribution in [2.45, 2.75) is 6.61 Å². The van der Waals surface area contributed by atoms with Crippen LogP contribution in [-0.2, 0) is 18.4 Å². The van der Waals surface area contributed by atoms with E-state index < -0.39 is 5.97 Å². The van der Waals surface area contributed by atoms with E-state index in [1.54, 1.807) is 43.6 Å². The first kappa shape index (κ1) is 18.7. The Hall–Kier alpha value is -2.70. The highest BCUT2D eigenvalue weighted by atomic mass is 79.9. The summed E-state index contributed by atoms with van der Waals surface area (Å²) in [7, 11) is 1.67. The van der Waals surface area contributed by atoms with Crippen LogP contribution in [-0.4, -0.2) is 15.5 Å². The highest BCUT2D eigenvalue weighted by Gasteiger charge is 2.16. The lowest BCUT2D eigenvalue weighted by atomic mass is 10.1. The standard InChI is InChI=1S/C21H14BrClN2O3/c1-25-18-7-5-13(22)9-15(18)16(10-19(25)26)21(27)28-11-12-4-6-17(23)14-3-2-8-24-20(12)14/h2-10H,11H2,1H3. The number of pyridine rings is 2. The predicted molar refractivity (Wildman–Crippen MR) is 113 cm³/mol. The second-order valence-electron chi connectivity index (χ2n) is 6.30. The Morgan fingerprint density at radius 1 is 1.18 bits per heavy atom. The summed E-state index contributed by atoms with van der Waals surface area (Å²) in [5.41, 5.74) is 2.02. The van der Waals surface area contributed by atoms with E-state index in [0.29, 0.717) is 21.4 Å². The quantitative estimate of drug-likeness (QED) is 0.412. The average Bonchev–Trinajstić information content (AvgIpc) is 2.70. The Morgan fingerprint density at radius 2 is 2.00 bits per heavy atom. The fourth-order valence-corrected chi connectivity index (χ4v) is 3.71. The number of aromatic nitrogens is 2. The van der Waals surface area contributed by atoms with Gasteiger partial charge in [0, 0.05) is 45.1 Å². The molecule has 0 aliphatic heterocycles. The minimum absolute atomic E-state index is 0.0220. The van der Waals surface area contributed by atoms with Gasteiger partial charge < -0.3 is 9.30 Å². The number of hydrogen-bond donors (Lipinski definition) is 0. The number of halogens is 2. The zero-order valence-electron chi connectivity index (χ0n) is 14.8. The average molecular weight is 458 g/mol. The van der Waals surface area contributed by atoms with E-state index in [2.05, 4.69) is 20.9 Å². The number of benzene rings is 2. The van der Waals surface area contributed by atoms with Gasteiger partial charge in [-0.15, -0.1) is 0 Å². The molecule has 0 saturated carbocycles. The van der Waals surface area contributed by atoms with Crippen molar-refractivity contribution in [2.75, 3.05) is 0 Å². The largest absolute Gasteiger partial charge is 0.457 e. The number of ether oxygens (including phenoxy) is 1. The van der Waals surface area contributed by atoms with Crippen molar-refractivity contribution in [3.63, 3.8) is 0 Å². The van der Waals surface area contributed by atoms with Gasteiger partial charge in [0.1, 0.15) is 6.61 Å². The van der Waals surface area contributed by atoms with Crippen LogP contribution in [0.15, 0.2) is 64.0 Å². The molecule has 4 aromatic rings. The summed E-state index contributed by atoms with van der Waals surface area (Å²) in [6.07, 6.45) is 1.66. The maximum atomic E-state index is 12.8. The van der Waals surface area contributed by atoms with Gasteiger partial charge in [-0.1, -0.05) is 33.6 Å². The minimum Gasteiger partial charge on any atom is -0.457 e. The summed E-state index contributed by atoms with van der Waals surface area (Å²) in [6, 6.07) is 13.9. The molecule has 0 bridgehead atoms. The molecular weight excluding hydrogens is 444 g/mol. The van der Waals surface area contributed by atoms with Gasteiger partial charge in [-0.3, -0.25) is 9.78 Å². The fraction of sp³-hybridized carbons (Fsp3) is 0.0952. The zero-order chi connectivity index (χ0) is 19.8. The maximum Gasteiger partial charge on any atom is 0.339 e. The van der Waals surface area contributed by atoms with Gasteiger partial charge >= 0.3 is 5.97 Å². The number of carbonyl (C=O) groups is 1. The van der Waals surface area contributed by atoms with Crippen LogP contribution in [0, 0.1) is 0 Å². The first-order valence-corrected chi connectivity index (χ1v) is 9.61. The molecule has 0 aliphatic carbocycles. The first-order valence-electron chi connectivity index (χ1n) is 8.44. The monoisotopic (exact) mass is 456 g/mol. The molecule has 0 atom stereocenters. The number of fused-ring (bicyclic) bond motifs is 2. The van der Waals surface area contributed by atoms with E-state index >= 15 is 0 Å². The normalized spacial score (nSPS) is 11.1. The molecule has 2 aromatic heterocycles. The van der Waals surface area contributed by atoms with Crippen LogP contribution in [0.5, 0.6) is 0 Å². The van der Waals surface area contributed by atoms with Gasteiger partial charge in [-0.25, -0.2) is 4.79 Å². The van der Waals surface area contributed by atoms with Crippen LogP contribution >= 0.6 is 27.5 Å². The van der Waals surface area contributed by atoms with Gasteiger partial charge in [0.25, 0.3) is 5.56 Å². The van der Waals surface area contributed by atoms with Crippen molar-refractivity contribution in [3.8, 4) is 0 Å². The summed E-state index contributed by atoms with van der Waals surface area (Å²) in [4.78, 5) is 29.4. The molecule has 0 amide bonds. The summed E-state index contributed by atoms with van der Waals surface area (Å²) in [5.74, 6) is -0.570. The summed E-state index contributed by atoms with van der Waals surface area (Å²) < 4.78 is 7.82. The Labute approximate surface area is 173 Å². The molecule has 0 N–H and O–H groups in total. The van der Waals surface area contributed by atoms with Crippen LogP contribution in [0.2, 0.25) is 5.02 Å². The number of esters is 1. The van der Waals surface area contributed by atoms with Crippen molar-refractivity contribution in [2.24, 2.45) is 7.05 Å². The molecule has 5 nitrogen and oxygen atoms in total. The molecule has 0 aliphatic rings. The molecule has 0 unspecified atom stereocenters. The fourth-order valence-electron chi connectivity index (χ4n) is 3.14. The number of nitrogens with zero attached hydrogens (tertiary/aromatic N) is 2. The lowest BCUT2D eigenvalue weighted by Crippen LogP contribution is -2.19. The topological polar surface area (TPSA) is 61.2 Å². The van der Waals surface area contributed by atoms with Gasteiger partial charge in [0.15, 0.2) is 0 Å². The zero-order valence-corrected chi connectivity index (χ0v) is 17.1. The molecule has 140 valence electrons. The van der Waals surface area contributed by atoms with Gasteiger partial charge in [-0.2, -0.15) is 0 Å². The third-order valence-corrected chi connectivity index (χ3v) is 5.41. The van der Waals surface area contributed by atoms with E-state index in [9.17, 15) is 9.59 Å². The van der Waals surface area contributed by atoms with Crippen LogP contribution in [0.3, 0.4) is 0 Å². The molecule has 28 heavy (non-hydrogen) atoms. The number of rotatable bonds is 3. The highest BCUT2D eigenvalue weighted by molar-refractivity contribution is 9.10. The van der Waals surface area contributed by atoms with E-state index in [0.717, 1.165) is 15.4 Å². The van der Waals surface area contributed by atoms with Crippen molar-refractivity contribution < 1.29 is 9.53 Å². The third kappa shape index (κ3) is 3.30. The predicted octanol–water partition coefficient (Wildman–Crippen LogP) is 4.86. The van der Waals surface area contributed by atoms with Crippen molar-refractivity contribution in [1.29, 1.82) is 0 Å². The van der Waals surface area contributed by atoms with E-state index in [1.165, 1.54) is 10.6 Å². The molecule has 0 fully saturated rings. The second-order valence-corrected chi connectivity index (χ2v) is 7.62. The minimum atomic E-state index is -0.570. The summed E-state index contributed by atoms with van der Waals surface area (Å²) in [6.45, 7) is 0.0220. The van der Waals surface area contributed by atoms with Crippen molar-refractivity contribution >= 4 is 55.3 Å². The SMILES string of the molecule is Cn1c(=O)cc(C(=O)OCc2ccc(Cl)c3cccnc23)c2cc(Br)ccc21. The van der Waals surface area contributed by atoms with E-state index in [1.807, 2.05) is 12.1 Å². The summed E-state index contributed by atoms with van der Waals surface area (Å²) >= 11 is 9.62.